The maximum Gasteiger partial charge on any atom is 0.266 e. The average Bonchev–Trinajstić information content (AvgIpc) is 3.50. The minimum absolute atomic E-state index is 0.0577. The number of nitrogens with one attached hydrogen (secondary N) is 2. The largest absolute Gasteiger partial charge is 0.496 e. The lowest BCUT2D eigenvalue weighted by atomic mass is 9.82. The molecule has 1 aliphatic rings. The van der Waals surface area contributed by atoms with Crippen LogP contribution in [0.3, 0.4) is 0 Å². The van der Waals surface area contributed by atoms with Gasteiger partial charge in [-0.2, -0.15) is 0 Å². The zero-order valence-electron chi connectivity index (χ0n) is 26.5. The van der Waals surface area contributed by atoms with Gasteiger partial charge in [-0.15, -0.1) is 0 Å². The number of methoxy groups -OCH3 is 3. The highest BCUT2D eigenvalue weighted by Crippen LogP contribution is 2.42. The minimum Gasteiger partial charge on any atom is -0.496 e. The summed E-state index contributed by atoms with van der Waals surface area (Å²) in [6.07, 6.45) is 0.0551. The van der Waals surface area contributed by atoms with Gasteiger partial charge in [0.15, 0.2) is 11.6 Å². The Morgan fingerprint density at radius 3 is 2.21 bits per heavy atom. The molecule has 10 nitrogen and oxygen atoms in total. The van der Waals surface area contributed by atoms with Gasteiger partial charge in [0.2, 0.25) is 5.90 Å². The number of rotatable bonds is 15. The van der Waals surface area contributed by atoms with Crippen molar-refractivity contribution in [3.05, 3.63) is 118 Å². The first-order chi connectivity index (χ1) is 22.9. The highest BCUT2D eigenvalue weighted by molar-refractivity contribution is 9.10. The van der Waals surface area contributed by atoms with Gasteiger partial charge in [-0.1, -0.05) is 58.4 Å². The van der Waals surface area contributed by atoms with Gasteiger partial charge >= 0.3 is 0 Å². The summed E-state index contributed by atoms with van der Waals surface area (Å²) in [5.74, 6) is 2.30. The Hall–Kier alpha value is -4.58. The highest BCUT2D eigenvalue weighted by atomic mass is 79.9. The number of hydrazine groups is 1. The molecule has 1 amide bonds. The molecule has 0 unspecified atom stereocenters. The van der Waals surface area contributed by atoms with Crippen LogP contribution < -0.4 is 29.8 Å². The molecule has 11 heteroatoms. The van der Waals surface area contributed by atoms with Crippen LogP contribution in [0.1, 0.15) is 34.8 Å². The predicted molar refractivity (Wildman–Crippen MR) is 182 cm³/mol. The molecule has 4 aromatic carbocycles. The zero-order valence-corrected chi connectivity index (χ0v) is 28.1. The summed E-state index contributed by atoms with van der Waals surface area (Å²) in [5, 5.41) is 9.07. The molecule has 1 aliphatic heterocycles. The molecule has 47 heavy (non-hydrogen) atoms. The number of benzene rings is 4. The van der Waals surface area contributed by atoms with E-state index < -0.39 is 11.6 Å². The zero-order chi connectivity index (χ0) is 33.2. The number of aliphatic hydroxyl groups excluding tert-OH is 1. The van der Waals surface area contributed by atoms with Gasteiger partial charge in [-0.05, 0) is 47.5 Å². The van der Waals surface area contributed by atoms with Crippen molar-refractivity contribution < 1.29 is 33.6 Å². The van der Waals surface area contributed by atoms with Crippen LogP contribution in [0.4, 0.5) is 0 Å². The van der Waals surface area contributed by atoms with Gasteiger partial charge in [-0.3, -0.25) is 10.2 Å². The van der Waals surface area contributed by atoms with Crippen LogP contribution in [0.25, 0.3) is 0 Å². The van der Waals surface area contributed by atoms with Crippen LogP contribution >= 0.6 is 15.9 Å². The van der Waals surface area contributed by atoms with Crippen LogP contribution in [0.5, 0.6) is 23.0 Å². The number of carbonyl (C=O) groups is 1. The average molecular weight is 705 g/mol. The molecule has 5 rings (SSSR count). The van der Waals surface area contributed by atoms with Crippen LogP contribution in [0, 0.1) is 0 Å². The molecular weight excluding hydrogens is 666 g/mol. The number of nitrogens with zero attached hydrogens (tertiary/aromatic N) is 1. The number of hydrogen-bond donors (Lipinski definition) is 3. The quantitative estimate of drug-likeness (QED) is 0.109. The maximum absolute atomic E-state index is 14.5. The minimum atomic E-state index is -1.39. The van der Waals surface area contributed by atoms with Crippen molar-refractivity contribution in [3.63, 3.8) is 0 Å². The van der Waals surface area contributed by atoms with Gasteiger partial charge < -0.3 is 28.8 Å². The van der Waals surface area contributed by atoms with Crippen molar-refractivity contribution in [3.8, 4) is 23.0 Å². The first kappa shape index (κ1) is 33.8. The van der Waals surface area contributed by atoms with E-state index in [9.17, 15) is 4.79 Å². The molecule has 2 atom stereocenters. The fourth-order valence-electron chi connectivity index (χ4n) is 5.40. The van der Waals surface area contributed by atoms with Gasteiger partial charge in [0.1, 0.15) is 23.0 Å². The molecule has 0 saturated heterocycles. The normalized spacial score (nSPS) is 17.0. The van der Waals surface area contributed by atoms with E-state index in [-0.39, 0.29) is 25.5 Å². The fraction of sp³-hybridized carbons (Fsp3) is 0.278. The maximum atomic E-state index is 14.5. The first-order valence-corrected chi connectivity index (χ1v) is 15.9. The van der Waals surface area contributed by atoms with Crippen molar-refractivity contribution in [1.82, 2.24) is 10.9 Å². The molecule has 0 aliphatic carbocycles. The monoisotopic (exact) mass is 703 g/mol. The third-order valence-corrected chi connectivity index (χ3v) is 8.33. The Kier molecular flexibility index (Phi) is 11.4. The standard InChI is InChI=1S/C36H38BrN3O7/c1-43-29-20-31(44-2)30(32(21-29)45-3)23-38-40-35(42)36(22-24-10-14-27(37)15-11-24)33(25-8-5-4-6-9-25)47-34(39-36)26-12-16-28(17-13-26)46-19-7-18-41/h4-6,8-17,20-21,33,38,41H,7,18-19,22-23H2,1-3H3,(H,40,42)/t33-,36-/m0/s1. The number of amides is 1. The summed E-state index contributed by atoms with van der Waals surface area (Å²) in [6.45, 7) is 0.658. The second-order valence-corrected chi connectivity index (χ2v) is 11.7. The van der Waals surface area contributed by atoms with Gasteiger partial charge in [0, 0.05) is 48.2 Å². The summed E-state index contributed by atoms with van der Waals surface area (Å²) >= 11 is 3.51. The number of aliphatic imine (C=N–C) groups is 1. The van der Waals surface area contributed by atoms with E-state index in [4.69, 9.17) is 33.8 Å². The number of ether oxygens (including phenoxy) is 5. The molecule has 4 aromatic rings. The predicted octanol–water partition coefficient (Wildman–Crippen LogP) is 5.56. The number of carbonyl (C=O) groups excluding carboxylic acids is 1. The highest BCUT2D eigenvalue weighted by Gasteiger charge is 2.53. The van der Waals surface area contributed by atoms with Crippen LogP contribution in [0.15, 0.2) is 100 Å². The molecule has 0 radical (unpaired) electrons. The third kappa shape index (κ3) is 7.87. The second-order valence-electron chi connectivity index (χ2n) is 10.8. The Morgan fingerprint density at radius 2 is 1.60 bits per heavy atom. The first-order valence-electron chi connectivity index (χ1n) is 15.1. The topological polar surface area (TPSA) is 120 Å². The number of aliphatic hydroxyl groups is 1. The molecule has 0 saturated carbocycles. The van der Waals surface area contributed by atoms with Crippen LogP contribution in [-0.2, 0) is 22.5 Å². The molecular formula is C36H38BrN3O7. The molecule has 0 bridgehead atoms. The third-order valence-electron chi connectivity index (χ3n) is 7.80. The summed E-state index contributed by atoms with van der Waals surface area (Å²) in [5.41, 5.74) is 7.72. The summed E-state index contributed by atoms with van der Waals surface area (Å²) < 4.78 is 29.8. The summed E-state index contributed by atoms with van der Waals surface area (Å²) in [7, 11) is 4.70. The fourth-order valence-corrected chi connectivity index (χ4v) is 5.66. The molecule has 0 spiro atoms. The second kappa shape index (κ2) is 15.8. The van der Waals surface area contributed by atoms with E-state index in [2.05, 4.69) is 26.8 Å². The summed E-state index contributed by atoms with van der Waals surface area (Å²) in [4.78, 5) is 19.6. The molecule has 1 heterocycles. The van der Waals surface area contributed by atoms with E-state index in [1.165, 1.54) is 0 Å². The van der Waals surface area contributed by atoms with E-state index in [0.717, 1.165) is 15.6 Å². The van der Waals surface area contributed by atoms with E-state index >= 15 is 0 Å². The summed E-state index contributed by atoms with van der Waals surface area (Å²) in [6, 6.07) is 28.3. The van der Waals surface area contributed by atoms with Crippen molar-refractivity contribution in [2.24, 2.45) is 4.99 Å². The molecule has 0 fully saturated rings. The van der Waals surface area contributed by atoms with Crippen LogP contribution in [-0.4, -0.2) is 57.0 Å². The van der Waals surface area contributed by atoms with Gasteiger partial charge in [0.25, 0.3) is 5.91 Å². The Bertz CT molecular complexity index is 1640. The van der Waals surface area contributed by atoms with Crippen molar-refractivity contribution in [2.75, 3.05) is 34.5 Å². The SMILES string of the molecule is COc1cc(OC)c(CNNC(=O)[C@@]2(Cc3ccc(Br)cc3)N=C(c3ccc(OCCCO)cc3)O[C@H]2c2ccccc2)c(OC)c1. The lowest BCUT2D eigenvalue weighted by Crippen LogP contribution is -2.53. The number of hydrogen-bond acceptors (Lipinski definition) is 9. The van der Waals surface area contributed by atoms with Gasteiger partial charge in [-0.25, -0.2) is 10.4 Å². The molecule has 3 N–H and O–H groups in total. The smallest absolute Gasteiger partial charge is 0.266 e. The Balaban J connectivity index is 1.50. The van der Waals surface area contributed by atoms with E-state index in [1.54, 1.807) is 33.5 Å². The molecule has 246 valence electrons. The lowest BCUT2D eigenvalue weighted by Gasteiger charge is -2.31. The van der Waals surface area contributed by atoms with E-state index in [1.807, 2.05) is 78.9 Å². The van der Waals surface area contributed by atoms with Gasteiger partial charge in [0.05, 0.1) is 33.5 Å². The van der Waals surface area contributed by atoms with E-state index in [0.29, 0.717) is 53.1 Å². The number of halogens is 1. The van der Waals surface area contributed by atoms with Crippen molar-refractivity contribution >= 4 is 27.7 Å². The van der Waals surface area contributed by atoms with Crippen molar-refractivity contribution in [1.29, 1.82) is 0 Å². The lowest BCUT2D eigenvalue weighted by molar-refractivity contribution is -0.130. The Labute approximate surface area is 282 Å². The Morgan fingerprint density at radius 1 is 0.915 bits per heavy atom. The van der Waals surface area contributed by atoms with Crippen LogP contribution in [0.2, 0.25) is 0 Å². The van der Waals surface area contributed by atoms with Crippen molar-refractivity contribution in [2.45, 2.75) is 31.0 Å². The molecule has 0 aromatic heterocycles.